The second-order valence-electron chi connectivity index (χ2n) is 6.07. The summed E-state index contributed by atoms with van der Waals surface area (Å²) >= 11 is 3.52. The zero-order valence-corrected chi connectivity index (χ0v) is 11.1. The molecule has 3 aliphatic rings. The quantitative estimate of drug-likeness (QED) is 0.787. The smallest absolute Gasteiger partial charge is 0.408 e. The Morgan fingerprint density at radius 1 is 1.40 bits per heavy atom. The fourth-order valence-corrected chi connectivity index (χ4v) is 3.39. The van der Waals surface area contributed by atoms with E-state index in [2.05, 4.69) is 21.2 Å². The van der Waals surface area contributed by atoms with Crippen LogP contribution in [-0.4, -0.2) is 22.6 Å². The van der Waals surface area contributed by atoms with Crippen LogP contribution in [0.2, 0.25) is 0 Å². The van der Waals surface area contributed by atoms with Crippen LogP contribution >= 0.6 is 15.9 Å². The van der Waals surface area contributed by atoms with Gasteiger partial charge in [-0.25, -0.2) is 4.79 Å². The number of halogens is 1. The third-order valence-corrected chi connectivity index (χ3v) is 4.38. The first-order chi connectivity index (χ1) is 6.78. The van der Waals surface area contributed by atoms with Crippen LogP contribution in [-0.2, 0) is 4.74 Å². The van der Waals surface area contributed by atoms with Crippen molar-refractivity contribution in [1.29, 1.82) is 0 Å². The monoisotopic (exact) mass is 275 g/mol. The molecule has 3 fully saturated rings. The van der Waals surface area contributed by atoms with Gasteiger partial charge in [-0.2, -0.15) is 0 Å². The standard InChI is InChI=1S/C11H18BrNO2/c1-9(2,3)15-8(14)13-11-4-10(5-11,6-11)7-12/h4-7H2,1-3H3,(H,13,14). The van der Waals surface area contributed by atoms with Gasteiger partial charge < -0.3 is 10.1 Å². The van der Waals surface area contributed by atoms with Crippen LogP contribution in [0.5, 0.6) is 0 Å². The van der Waals surface area contributed by atoms with Crippen molar-refractivity contribution in [2.75, 3.05) is 5.33 Å². The molecule has 0 aromatic rings. The van der Waals surface area contributed by atoms with Crippen LogP contribution in [0, 0.1) is 5.41 Å². The maximum absolute atomic E-state index is 11.5. The number of rotatable bonds is 2. The number of ether oxygens (including phenoxy) is 1. The average molecular weight is 276 g/mol. The molecule has 3 saturated carbocycles. The molecule has 86 valence electrons. The highest BCUT2D eigenvalue weighted by molar-refractivity contribution is 9.09. The van der Waals surface area contributed by atoms with Crippen LogP contribution in [0.3, 0.4) is 0 Å². The minimum Gasteiger partial charge on any atom is -0.444 e. The molecule has 1 N–H and O–H groups in total. The molecule has 1 amide bonds. The highest BCUT2D eigenvalue weighted by atomic mass is 79.9. The molecular weight excluding hydrogens is 258 g/mol. The molecule has 0 spiro atoms. The number of hydrogen-bond donors (Lipinski definition) is 1. The molecular formula is C11H18BrNO2. The van der Waals surface area contributed by atoms with E-state index in [-0.39, 0.29) is 11.6 Å². The third kappa shape index (κ3) is 2.01. The summed E-state index contributed by atoms with van der Waals surface area (Å²) in [6.45, 7) is 5.65. The van der Waals surface area contributed by atoms with Gasteiger partial charge in [0, 0.05) is 10.9 Å². The van der Waals surface area contributed by atoms with Gasteiger partial charge in [-0.3, -0.25) is 0 Å². The van der Waals surface area contributed by atoms with Gasteiger partial charge in [-0.1, -0.05) is 15.9 Å². The summed E-state index contributed by atoms with van der Waals surface area (Å²) in [5.41, 5.74) is 0.145. The molecule has 0 aliphatic heterocycles. The van der Waals surface area contributed by atoms with Crippen molar-refractivity contribution in [2.24, 2.45) is 5.41 Å². The highest BCUT2D eigenvalue weighted by Gasteiger charge is 2.67. The van der Waals surface area contributed by atoms with Crippen molar-refractivity contribution in [2.45, 2.75) is 51.2 Å². The van der Waals surface area contributed by atoms with E-state index in [1.54, 1.807) is 0 Å². The molecule has 4 heteroatoms. The lowest BCUT2D eigenvalue weighted by atomic mass is 9.40. The Balaban J connectivity index is 1.79. The number of amides is 1. The normalized spacial score (nSPS) is 37.6. The second kappa shape index (κ2) is 3.12. The summed E-state index contributed by atoms with van der Waals surface area (Å²) in [5.74, 6) is 0. The fraction of sp³-hybridized carbons (Fsp3) is 0.909. The minimum absolute atomic E-state index is 0.0656. The SMILES string of the molecule is CC(C)(C)OC(=O)NC12CC(CBr)(C1)C2. The van der Waals surface area contributed by atoms with Crippen molar-refractivity contribution in [3.63, 3.8) is 0 Å². The van der Waals surface area contributed by atoms with Gasteiger partial charge in [0.1, 0.15) is 5.60 Å². The van der Waals surface area contributed by atoms with Crippen molar-refractivity contribution < 1.29 is 9.53 Å². The van der Waals surface area contributed by atoms with E-state index in [0.29, 0.717) is 5.41 Å². The Bertz CT molecular complexity index is 276. The Morgan fingerprint density at radius 3 is 2.33 bits per heavy atom. The van der Waals surface area contributed by atoms with Crippen LogP contribution in [0.15, 0.2) is 0 Å². The first-order valence-electron chi connectivity index (χ1n) is 5.35. The van der Waals surface area contributed by atoms with Crippen molar-refractivity contribution in [3.8, 4) is 0 Å². The molecule has 0 unspecified atom stereocenters. The van der Waals surface area contributed by atoms with Crippen LogP contribution in [0.25, 0.3) is 0 Å². The van der Waals surface area contributed by atoms with Gasteiger partial charge in [0.2, 0.25) is 0 Å². The van der Waals surface area contributed by atoms with E-state index >= 15 is 0 Å². The molecule has 0 saturated heterocycles. The van der Waals surface area contributed by atoms with Crippen LogP contribution in [0.4, 0.5) is 4.79 Å². The van der Waals surface area contributed by atoms with Gasteiger partial charge in [-0.05, 0) is 45.4 Å². The molecule has 2 bridgehead atoms. The van der Waals surface area contributed by atoms with E-state index in [1.807, 2.05) is 20.8 Å². The summed E-state index contributed by atoms with van der Waals surface area (Å²) in [6.07, 6.45) is 3.03. The first-order valence-corrected chi connectivity index (χ1v) is 6.48. The number of alkyl carbamates (subject to hydrolysis) is 1. The first kappa shape index (κ1) is 11.2. The predicted molar refractivity (Wildman–Crippen MR) is 62.2 cm³/mol. The van der Waals surface area contributed by atoms with Crippen molar-refractivity contribution in [1.82, 2.24) is 5.32 Å². The molecule has 3 rings (SSSR count). The second-order valence-corrected chi connectivity index (χ2v) is 6.63. The summed E-state index contributed by atoms with van der Waals surface area (Å²) in [4.78, 5) is 11.5. The predicted octanol–water partition coefficient (Wildman–Crippen LogP) is 2.83. The number of alkyl halides is 1. The molecule has 0 radical (unpaired) electrons. The van der Waals surface area contributed by atoms with E-state index < -0.39 is 5.60 Å². The minimum atomic E-state index is -0.402. The Hall–Kier alpha value is -0.250. The zero-order chi connectivity index (χ0) is 11.3. The summed E-state index contributed by atoms with van der Waals surface area (Å²) in [6, 6.07) is 0. The van der Waals surface area contributed by atoms with Crippen LogP contribution in [0.1, 0.15) is 40.0 Å². The zero-order valence-electron chi connectivity index (χ0n) is 9.52. The van der Waals surface area contributed by atoms with Gasteiger partial charge >= 0.3 is 6.09 Å². The maximum Gasteiger partial charge on any atom is 0.408 e. The molecule has 0 atom stereocenters. The number of carbonyl (C=O) groups is 1. The Labute approximate surface area is 99.1 Å². The third-order valence-electron chi connectivity index (χ3n) is 3.19. The molecule has 0 heterocycles. The lowest BCUT2D eigenvalue weighted by Gasteiger charge is -2.70. The van der Waals surface area contributed by atoms with Gasteiger partial charge in [0.15, 0.2) is 0 Å². The van der Waals surface area contributed by atoms with E-state index in [1.165, 1.54) is 0 Å². The number of carbonyl (C=O) groups excluding carboxylic acids is 1. The summed E-state index contributed by atoms with van der Waals surface area (Å²) in [7, 11) is 0. The van der Waals surface area contributed by atoms with Crippen molar-refractivity contribution in [3.05, 3.63) is 0 Å². The topological polar surface area (TPSA) is 38.3 Å². The van der Waals surface area contributed by atoms with Gasteiger partial charge in [0.25, 0.3) is 0 Å². The Kier molecular flexibility index (Phi) is 2.34. The maximum atomic E-state index is 11.5. The lowest BCUT2D eigenvalue weighted by molar-refractivity contribution is -0.132. The Morgan fingerprint density at radius 2 is 1.93 bits per heavy atom. The van der Waals surface area contributed by atoms with E-state index in [9.17, 15) is 4.79 Å². The number of hydrogen-bond acceptors (Lipinski definition) is 2. The van der Waals surface area contributed by atoms with E-state index in [4.69, 9.17) is 4.74 Å². The van der Waals surface area contributed by atoms with Crippen LogP contribution < -0.4 is 5.32 Å². The molecule has 3 aliphatic carbocycles. The lowest BCUT2D eigenvalue weighted by Crippen LogP contribution is -2.75. The summed E-state index contributed by atoms with van der Waals surface area (Å²) < 4.78 is 5.24. The summed E-state index contributed by atoms with van der Waals surface area (Å²) in [5, 5.41) is 4.05. The number of nitrogens with one attached hydrogen (secondary N) is 1. The van der Waals surface area contributed by atoms with Gasteiger partial charge in [0.05, 0.1) is 0 Å². The average Bonchev–Trinajstić information content (AvgIpc) is 1.89. The molecule has 15 heavy (non-hydrogen) atoms. The van der Waals surface area contributed by atoms with E-state index in [0.717, 1.165) is 24.6 Å². The molecule has 0 aromatic heterocycles. The van der Waals surface area contributed by atoms with Crippen molar-refractivity contribution >= 4 is 22.0 Å². The highest BCUT2D eigenvalue weighted by Crippen LogP contribution is 2.67. The fourth-order valence-electron chi connectivity index (χ4n) is 2.79. The molecule has 0 aromatic carbocycles. The van der Waals surface area contributed by atoms with Gasteiger partial charge in [-0.15, -0.1) is 0 Å². The largest absolute Gasteiger partial charge is 0.444 e. The molecule has 3 nitrogen and oxygen atoms in total.